The van der Waals surface area contributed by atoms with Gasteiger partial charge in [-0.25, -0.2) is 13.4 Å². The van der Waals surface area contributed by atoms with Crippen molar-refractivity contribution < 1.29 is 8.42 Å². The number of rotatable bonds is 3. The molecule has 2 unspecified atom stereocenters. The molecule has 6 heteroatoms. The van der Waals surface area contributed by atoms with Gasteiger partial charge in [0.1, 0.15) is 10.3 Å². The number of hydrogen-bond acceptors (Lipinski definition) is 5. The number of thiazole rings is 1. The second kappa shape index (κ2) is 4.19. The Kier molecular flexibility index (Phi) is 3.52. The summed E-state index contributed by atoms with van der Waals surface area (Å²) in [6, 6.07) is -0.0944. The topological polar surface area (TPSA) is 73.0 Å². The Morgan fingerprint density at radius 2 is 1.93 bits per heavy atom. The molecule has 0 aliphatic heterocycles. The fourth-order valence-corrected chi connectivity index (χ4v) is 3.25. The molecule has 2 atom stereocenters. The Hall–Kier alpha value is -0.460. The summed E-state index contributed by atoms with van der Waals surface area (Å²) >= 11 is 1.39. The second-order valence-electron chi connectivity index (χ2n) is 3.76. The van der Waals surface area contributed by atoms with Gasteiger partial charge in [0.2, 0.25) is 0 Å². The first-order chi connectivity index (χ1) is 6.73. The molecule has 0 bridgehead atoms. The summed E-state index contributed by atoms with van der Waals surface area (Å²) in [7, 11) is -3.08. The van der Waals surface area contributed by atoms with Crippen LogP contribution in [-0.2, 0) is 9.84 Å². The molecule has 0 amide bonds. The van der Waals surface area contributed by atoms with E-state index in [1.54, 1.807) is 6.92 Å². The summed E-state index contributed by atoms with van der Waals surface area (Å²) in [6.45, 7) is 5.38. The van der Waals surface area contributed by atoms with Crippen LogP contribution in [0.4, 0.5) is 0 Å². The number of nitrogens with two attached hydrogens (primary N) is 1. The van der Waals surface area contributed by atoms with Gasteiger partial charge in [0.15, 0.2) is 9.84 Å². The smallest absolute Gasteiger partial charge is 0.156 e. The summed E-state index contributed by atoms with van der Waals surface area (Å²) in [4.78, 5) is 5.22. The van der Waals surface area contributed by atoms with Crippen LogP contribution in [-0.4, -0.2) is 19.7 Å². The third-order valence-electron chi connectivity index (χ3n) is 2.25. The Bertz CT molecular complexity index is 449. The normalized spacial score (nSPS) is 16.3. The lowest BCUT2D eigenvalue weighted by Crippen LogP contribution is -2.07. The molecule has 15 heavy (non-hydrogen) atoms. The number of aryl methyl sites for hydroxylation is 1. The van der Waals surface area contributed by atoms with E-state index in [0.29, 0.717) is 5.01 Å². The number of hydrogen-bond donors (Lipinski definition) is 1. The Morgan fingerprint density at radius 1 is 1.40 bits per heavy atom. The zero-order valence-corrected chi connectivity index (χ0v) is 10.9. The van der Waals surface area contributed by atoms with Gasteiger partial charge in [0.05, 0.1) is 5.69 Å². The zero-order valence-electron chi connectivity index (χ0n) is 9.31. The molecule has 0 radical (unpaired) electrons. The van der Waals surface area contributed by atoms with Gasteiger partial charge in [0.25, 0.3) is 0 Å². The van der Waals surface area contributed by atoms with Crippen molar-refractivity contribution in [1.82, 2.24) is 4.98 Å². The lowest BCUT2D eigenvalue weighted by Gasteiger charge is -2.04. The van der Waals surface area contributed by atoms with Crippen LogP contribution >= 0.6 is 11.3 Å². The van der Waals surface area contributed by atoms with Crippen LogP contribution in [0.25, 0.3) is 0 Å². The first kappa shape index (κ1) is 12.6. The summed E-state index contributed by atoms with van der Waals surface area (Å²) < 4.78 is 22.7. The quantitative estimate of drug-likeness (QED) is 0.881. The minimum atomic E-state index is -3.08. The van der Waals surface area contributed by atoms with Crippen LogP contribution < -0.4 is 5.73 Å². The highest BCUT2D eigenvalue weighted by atomic mass is 32.2. The lowest BCUT2D eigenvalue weighted by atomic mass is 10.2. The van der Waals surface area contributed by atoms with Crippen molar-refractivity contribution in [1.29, 1.82) is 0 Å². The SMILES string of the molecule is Cc1nc(C(C)S(C)(=O)=O)sc1C(C)N. The predicted molar refractivity (Wildman–Crippen MR) is 62.7 cm³/mol. The van der Waals surface area contributed by atoms with Crippen molar-refractivity contribution in [3.63, 3.8) is 0 Å². The fourth-order valence-electron chi connectivity index (χ4n) is 1.21. The minimum absolute atomic E-state index is 0.0944. The van der Waals surface area contributed by atoms with Crippen LogP contribution in [0.5, 0.6) is 0 Å². The van der Waals surface area contributed by atoms with Gasteiger partial charge in [-0.05, 0) is 20.8 Å². The van der Waals surface area contributed by atoms with E-state index < -0.39 is 15.1 Å². The molecule has 0 aromatic carbocycles. The molecule has 1 heterocycles. The van der Waals surface area contributed by atoms with E-state index >= 15 is 0 Å². The van der Waals surface area contributed by atoms with E-state index in [4.69, 9.17) is 5.73 Å². The molecule has 1 rings (SSSR count). The highest BCUT2D eigenvalue weighted by molar-refractivity contribution is 7.91. The summed E-state index contributed by atoms with van der Waals surface area (Å²) in [6.07, 6.45) is 1.22. The van der Waals surface area contributed by atoms with Crippen molar-refractivity contribution in [2.24, 2.45) is 5.73 Å². The lowest BCUT2D eigenvalue weighted by molar-refractivity contribution is 0.592. The van der Waals surface area contributed by atoms with E-state index in [9.17, 15) is 8.42 Å². The van der Waals surface area contributed by atoms with Gasteiger partial charge in [-0.2, -0.15) is 0 Å². The van der Waals surface area contributed by atoms with Crippen LogP contribution in [0.3, 0.4) is 0 Å². The van der Waals surface area contributed by atoms with Crippen LogP contribution in [0.15, 0.2) is 0 Å². The fraction of sp³-hybridized carbons (Fsp3) is 0.667. The molecule has 0 saturated carbocycles. The standard InChI is InChI=1S/C9H16N2O2S2/c1-5(10)8-6(2)11-9(14-8)7(3)15(4,12)13/h5,7H,10H2,1-4H3. The molecular weight excluding hydrogens is 232 g/mol. The summed E-state index contributed by atoms with van der Waals surface area (Å²) in [5.41, 5.74) is 6.59. The molecule has 1 aromatic rings. The number of nitrogens with zero attached hydrogens (tertiary/aromatic N) is 1. The molecule has 2 N–H and O–H groups in total. The van der Waals surface area contributed by atoms with Gasteiger partial charge in [-0.15, -0.1) is 11.3 Å². The van der Waals surface area contributed by atoms with Crippen molar-refractivity contribution in [2.45, 2.75) is 32.1 Å². The zero-order chi connectivity index (χ0) is 11.8. The largest absolute Gasteiger partial charge is 0.323 e. The first-order valence-corrected chi connectivity index (χ1v) is 7.42. The molecule has 0 aliphatic carbocycles. The number of aromatic nitrogens is 1. The Labute approximate surface area is 94.4 Å². The molecular formula is C9H16N2O2S2. The highest BCUT2D eigenvalue weighted by Crippen LogP contribution is 2.30. The van der Waals surface area contributed by atoms with Crippen molar-refractivity contribution in [2.75, 3.05) is 6.26 Å². The molecule has 1 aromatic heterocycles. The van der Waals surface area contributed by atoms with Gasteiger partial charge in [0, 0.05) is 17.2 Å². The third kappa shape index (κ3) is 2.76. The monoisotopic (exact) mass is 248 g/mol. The third-order valence-corrected chi connectivity index (χ3v) is 5.45. The van der Waals surface area contributed by atoms with Gasteiger partial charge >= 0.3 is 0 Å². The average molecular weight is 248 g/mol. The average Bonchev–Trinajstić information content (AvgIpc) is 2.44. The maximum Gasteiger partial charge on any atom is 0.156 e. The van der Waals surface area contributed by atoms with Crippen molar-refractivity contribution in [3.8, 4) is 0 Å². The molecule has 0 saturated heterocycles. The first-order valence-electron chi connectivity index (χ1n) is 4.65. The molecule has 4 nitrogen and oxygen atoms in total. The molecule has 0 spiro atoms. The molecule has 0 fully saturated rings. The maximum atomic E-state index is 11.4. The second-order valence-corrected chi connectivity index (χ2v) is 7.19. The van der Waals surface area contributed by atoms with Gasteiger partial charge < -0.3 is 5.73 Å². The number of sulfone groups is 1. The van der Waals surface area contributed by atoms with Crippen molar-refractivity contribution >= 4 is 21.2 Å². The molecule has 0 aliphatic rings. The van der Waals surface area contributed by atoms with Crippen LogP contribution in [0.2, 0.25) is 0 Å². The van der Waals surface area contributed by atoms with E-state index in [1.165, 1.54) is 17.6 Å². The van der Waals surface area contributed by atoms with Crippen molar-refractivity contribution in [3.05, 3.63) is 15.6 Å². The van der Waals surface area contributed by atoms with Gasteiger partial charge in [-0.1, -0.05) is 0 Å². The Balaban J connectivity index is 3.14. The highest BCUT2D eigenvalue weighted by Gasteiger charge is 2.22. The maximum absolute atomic E-state index is 11.4. The minimum Gasteiger partial charge on any atom is -0.323 e. The van der Waals surface area contributed by atoms with E-state index in [0.717, 1.165) is 10.6 Å². The van der Waals surface area contributed by atoms with Crippen LogP contribution in [0.1, 0.15) is 40.7 Å². The van der Waals surface area contributed by atoms with E-state index in [-0.39, 0.29) is 6.04 Å². The summed E-state index contributed by atoms with van der Waals surface area (Å²) in [5, 5.41) is 0.0796. The predicted octanol–water partition coefficient (Wildman–Crippen LogP) is 1.58. The van der Waals surface area contributed by atoms with E-state index in [2.05, 4.69) is 4.98 Å². The van der Waals surface area contributed by atoms with Gasteiger partial charge in [-0.3, -0.25) is 0 Å². The molecule has 86 valence electrons. The van der Waals surface area contributed by atoms with Crippen LogP contribution in [0, 0.1) is 6.92 Å². The Morgan fingerprint density at radius 3 is 2.27 bits per heavy atom. The summed E-state index contributed by atoms with van der Waals surface area (Å²) in [5.74, 6) is 0. The van der Waals surface area contributed by atoms with E-state index in [1.807, 2.05) is 13.8 Å².